The molecule has 0 saturated heterocycles. The van der Waals surface area contributed by atoms with Gasteiger partial charge in [-0.15, -0.1) is 0 Å². The number of rotatable bonds is 9. The summed E-state index contributed by atoms with van der Waals surface area (Å²) in [6, 6.07) is 27.8. The number of hydrogen-bond donors (Lipinski definition) is 0. The van der Waals surface area contributed by atoms with Gasteiger partial charge in [-0.3, -0.25) is 4.79 Å². The first kappa shape index (κ1) is 24.4. The molecule has 0 aliphatic heterocycles. The van der Waals surface area contributed by atoms with Crippen molar-refractivity contribution in [3.63, 3.8) is 0 Å². The van der Waals surface area contributed by atoms with Crippen LogP contribution in [-0.4, -0.2) is 24.6 Å². The van der Waals surface area contributed by atoms with Crippen LogP contribution in [0.25, 0.3) is 0 Å². The highest BCUT2D eigenvalue weighted by atomic mass is 31.1. The topological polar surface area (TPSA) is 52.6 Å². The van der Waals surface area contributed by atoms with Crippen molar-refractivity contribution in [2.45, 2.75) is 26.9 Å². The zero-order valence-corrected chi connectivity index (χ0v) is 20.1. The fourth-order valence-electron chi connectivity index (χ4n) is 3.63. The van der Waals surface area contributed by atoms with Crippen LogP contribution in [0.5, 0.6) is 0 Å². The second-order valence-electron chi connectivity index (χ2n) is 7.74. The van der Waals surface area contributed by atoms with Crippen LogP contribution in [0.4, 0.5) is 0 Å². The average Bonchev–Trinajstić information content (AvgIpc) is 2.84. The molecule has 0 bridgehead atoms. The molecule has 3 rings (SSSR count). The van der Waals surface area contributed by atoms with E-state index >= 15 is 0 Å². The lowest BCUT2D eigenvalue weighted by atomic mass is 9.99. The Bertz CT molecular complexity index is 1060. The molecule has 0 aliphatic rings. The largest absolute Gasteiger partial charge is 0.466 e. The zero-order valence-electron chi connectivity index (χ0n) is 19.2. The maximum absolute atomic E-state index is 13.4. The molecule has 3 aromatic carbocycles. The standard InChI is InChI=1S/C28H29O4P/c1-5-31-27(29)21(4)26(20(2)3)32-28(30)24-18-12-13-19-25(24)33(22-14-8-6-9-15-22)23-16-10-7-11-17-23/h6-19,21,26H,2,5H2,1,3-4H3/t21-,26-/m0/s1. The average molecular weight is 461 g/mol. The summed E-state index contributed by atoms with van der Waals surface area (Å²) in [5.41, 5.74) is 1.08. The van der Waals surface area contributed by atoms with Crippen LogP contribution in [0.2, 0.25) is 0 Å². The molecule has 0 unspecified atom stereocenters. The maximum Gasteiger partial charge on any atom is 0.339 e. The van der Waals surface area contributed by atoms with Crippen LogP contribution in [0, 0.1) is 5.92 Å². The van der Waals surface area contributed by atoms with Gasteiger partial charge in [-0.1, -0.05) is 85.4 Å². The summed E-state index contributed by atoms with van der Waals surface area (Å²) in [5, 5.41) is 3.17. The highest BCUT2D eigenvalue weighted by molar-refractivity contribution is 7.80. The first-order valence-corrected chi connectivity index (χ1v) is 12.3. The molecule has 0 amide bonds. The van der Waals surface area contributed by atoms with Crippen LogP contribution in [0.1, 0.15) is 31.1 Å². The van der Waals surface area contributed by atoms with Gasteiger partial charge in [-0.25, -0.2) is 4.79 Å². The molecule has 0 N–H and O–H groups in total. The third-order valence-corrected chi connectivity index (χ3v) is 7.73. The molecule has 3 aromatic rings. The molecule has 2 atom stereocenters. The van der Waals surface area contributed by atoms with Crippen LogP contribution in [-0.2, 0) is 14.3 Å². The van der Waals surface area contributed by atoms with Gasteiger partial charge in [0.2, 0.25) is 0 Å². The van der Waals surface area contributed by atoms with Crippen LogP contribution in [0.15, 0.2) is 97.1 Å². The number of hydrogen-bond acceptors (Lipinski definition) is 4. The zero-order chi connectivity index (χ0) is 23.8. The third kappa shape index (κ3) is 5.97. The molecule has 0 fully saturated rings. The Balaban J connectivity index is 2.01. The van der Waals surface area contributed by atoms with Gasteiger partial charge in [0.05, 0.1) is 18.1 Å². The summed E-state index contributed by atoms with van der Waals surface area (Å²) in [6.45, 7) is 9.39. The summed E-state index contributed by atoms with van der Waals surface area (Å²) < 4.78 is 11.0. The molecule has 0 aromatic heterocycles. The van der Waals surface area contributed by atoms with E-state index in [1.165, 1.54) is 0 Å². The van der Waals surface area contributed by atoms with Gasteiger partial charge in [0, 0.05) is 0 Å². The summed E-state index contributed by atoms with van der Waals surface area (Å²) in [6.07, 6.45) is -0.774. The fraction of sp³-hybridized carbons (Fsp3) is 0.214. The number of carbonyl (C=O) groups excluding carboxylic acids is 2. The Hall–Kier alpha value is -3.23. The minimum Gasteiger partial charge on any atom is -0.466 e. The van der Waals surface area contributed by atoms with Crippen molar-refractivity contribution in [1.82, 2.24) is 0 Å². The Morgan fingerprint density at radius 2 is 1.39 bits per heavy atom. The first-order valence-electron chi connectivity index (χ1n) is 11.0. The maximum atomic E-state index is 13.4. The number of carbonyl (C=O) groups is 2. The smallest absolute Gasteiger partial charge is 0.339 e. The number of esters is 2. The van der Waals surface area contributed by atoms with Crippen molar-refractivity contribution in [3.8, 4) is 0 Å². The van der Waals surface area contributed by atoms with Crippen molar-refractivity contribution >= 4 is 35.8 Å². The normalized spacial score (nSPS) is 12.6. The predicted molar refractivity (Wildman–Crippen MR) is 135 cm³/mol. The second kappa shape index (κ2) is 11.6. The van der Waals surface area contributed by atoms with E-state index in [0.717, 1.165) is 15.9 Å². The van der Waals surface area contributed by atoms with E-state index in [0.29, 0.717) is 11.1 Å². The van der Waals surface area contributed by atoms with Crippen LogP contribution in [0.3, 0.4) is 0 Å². The van der Waals surface area contributed by atoms with Gasteiger partial charge < -0.3 is 9.47 Å². The van der Waals surface area contributed by atoms with Gasteiger partial charge in [-0.05, 0) is 56.2 Å². The summed E-state index contributed by atoms with van der Waals surface area (Å²) in [7, 11) is -0.988. The van der Waals surface area contributed by atoms with Crippen LogP contribution < -0.4 is 15.9 Å². The fourth-order valence-corrected chi connectivity index (χ4v) is 6.07. The van der Waals surface area contributed by atoms with Gasteiger partial charge >= 0.3 is 11.9 Å². The molecular formula is C28H29O4P. The van der Waals surface area contributed by atoms with E-state index in [1.54, 1.807) is 26.8 Å². The Kier molecular flexibility index (Phi) is 8.57. The van der Waals surface area contributed by atoms with E-state index in [2.05, 4.69) is 30.8 Å². The van der Waals surface area contributed by atoms with Gasteiger partial charge in [0.15, 0.2) is 0 Å². The molecular weight excluding hydrogens is 431 g/mol. The molecule has 170 valence electrons. The van der Waals surface area contributed by atoms with Gasteiger partial charge in [-0.2, -0.15) is 0 Å². The number of ether oxygens (including phenoxy) is 2. The predicted octanol–water partition coefficient (Wildman–Crippen LogP) is 4.75. The minimum atomic E-state index is -0.988. The van der Waals surface area contributed by atoms with Gasteiger partial charge in [0.1, 0.15) is 6.10 Å². The Morgan fingerprint density at radius 3 is 1.91 bits per heavy atom. The minimum absolute atomic E-state index is 0.265. The van der Waals surface area contributed by atoms with E-state index in [4.69, 9.17) is 9.47 Å². The van der Waals surface area contributed by atoms with Crippen molar-refractivity contribution in [2.75, 3.05) is 6.61 Å². The van der Waals surface area contributed by atoms with E-state index in [1.807, 2.05) is 54.6 Å². The highest BCUT2D eigenvalue weighted by Gasteiger charge is 2.31. The summed E-state index contributed by atoms with van der Waals surface area (Å²) >= 11 is 0. The van der Waals surface area contributed by atoms with Crippen LogP contribution >= 0.6 is 7.92 Å². The monoisotopic (exact) mass is 460 g/mol. The molecule has 0 spiro atoms. The lowest BCUT2D eigenvalue weighted by molar-refractivity contribution is -0.150. The Morgan fingerprint density at radius 1 is 0.879 bits per heavy atom. The number of benzene rings is 3. The van der Waals surface area contributed by atoms with Crippen molar-refractivity contribution < 1.29 is 19.1 Å². The Labute approximate surface area is 197 Å². The van der Waals surface area contributed by atoms with Crippen molar-refractivity contribution in [2.24, 2.45) is 5.92 Å². The molecule has 4 nitrogen and oxygen atoms in total. The lowest BCUT2D eigenvalue weighted by Gasteiger charge is -2.25. The van der Waals surface area contributed by atoms with E-state index in [9.17, 15) is 9.59 Å². The van der Waals surface area contributed by atoms with E-state index in [-0.39, 0.29) is 6.61 Å². The highest BCUT2D eigenvalue weighted by Crippen LogP contribution is 2.34. The summed E-state index contributed by atoms with van der Waals surface area (Å²) in [4.78, 5) is 25.7. The molecule has 0 radical (unpaired) electrons. The molecule has 0 saturated carbocycles. The molecule has 33 heavy (non-hydrogen) atoms. The SMILES string of the molecule is C=C(C)[C@H](OC(=O)c1ccccc1P(c1ccccc1)c1ccccc1)[C@H](C)C(=O)OCC. The van der Waals surface area contributed by atoms with Crippen molar-refractivity contribution in [1.29, 1.82) is 0 Å². The second-order valence-corrected chi connectivity index (χ2v) is 9.92. The van der Waals surface area contributed by atoms with Crippen molar-refractivity contribution in [3.05, 3.63) is 103 Å². The van der Waals surface area contributed by atoms with Gasteiger partial charge in [0.25, 0.3) is 0 Å². The first-order chi connectivity index (χ1) is 15.9. The molecule has 5 heteroatoms. The molecule has 0 aliphatic carbocycles. The lowest BCUT2D eigenvalue weighted by Crippen LogP contribution is -2.34. The molecule has 0 heterocycles. The van der Waals surface area contributed by atoms with E-state index < -0.39 is 31.9 Å². The summed E-state index contributed by atoms with van der Waals surface area (Å²) in [5.74, 6) is -1.54. The third-order valence-electron chi connectivity index (χ3n) is 5.23. The quantitative estimate of drug-likeness (QED) is 0.263.